The Morgan fingerprint density at radius 3 is 2.60 bits per heavy atom. The first kappa shape index (κ1) is 14.5. The van der Waals surface area contributed by atoms with Gasteiger partial charge in [0.05, 0.1) is 5.69 Å². The lowest BCUT2D eigenvalue weighted by Crippen LogP contribution is -2.19. The molecule has 0 aliphatic rings. The summed E-state index contributed by atoms with van der Waals surface area (Å²) in [6.07, 6.45) is 0. The smallest absolute Gasteiger partial charge is 0.312 e. The monoisotopic (exact) mass is 290 g/mol. The van der Waals surface area contributed by atoms with Gasteiger partial charge in [-0.1, -0.05) is 17.7 Å². The van der Waals surface area contributed by atoms with Crippen LogP contribution in [0.15, 0.2) is 29.6 Å². The second-order valence-corrected chi connectivity index (χ2v) is 5.39. The number of carbonyl (C=O) groups is 1. The molecule has 0 saturated carbocycles. The highest BCUT2D eigenvalue weighted by atomic mass is 32.1. The summed E-state index contributed by atoms with van der Waals surface area (Å²) in [5.41, 5.74) is 2.83. The van der Waals surface area contributed by atoms with Gasteiger partial charge in [-0.2, -0.15) is 0 Å². The zero-order chi connectivity index (χ0) is 14.5. The first-order chi connectivity index (χ1) is 9.58. The lowest BCUT2D eigenvalue weighted by Gasteiger charge is -2.06. The Kier molecular flexibility index (Phi) is 4.70. The van der Waals surface area contributed by atoms with Crippen LogP contribution in [0.25, 0.3) is 0 Å². The third kappa shape index (κ3) is 3.79. The van der Waals surface area contributed by atoms with Crippen molar-refractivity contribution in [3.05, 3.63) is 40.9 Å². The van der Waals surface area contributed by atoms with Crippen molar-refractivity contribution < 1.29 is 4.79 Å². The number of rotatable bonds is 4. The molecule has 1 unspecified atom stereocenters. The molecule has 0 saturated heterocycles. The number of nitrogens with one attached hydrogen (secondary N) is 3. The van der Waals surface area contributed by atoms with E-state index in [9.17, 15) is 4.79 Å². The fourth-order valence-corrected chi connectivity index (χ4v) is 2.39. The maximum Gasteiger partial charge on any atom is 0.325 e. The van der Waals surface area contributed by atoms with Crippen molar-refractivity contribution in [2.45, 2.75) is 19.9 Å². The minimum absolute atomic E-state index is 0.168. The molecular formula is C14H18N4OS. The molecule has 0 fully saturated rings. The van der Waals surface area contributed by atoms with Crippen LogP contribution in [-0.4, -0.2) is 18.1 Å². The number of anilines is 2. The van der Waals surface area contributed by atoms with Gasteiger partial charge in [0.15, 0.2) is 5.13 Å². The number of hydrogen-bond acceptors (Lipinski definition) is 4. The van der Waals surface area contributed by atoms with Crippen molar-refractivity contribution in [2.75, 3.05) is 17.7 Å². The predicted molar refractivity (Wildman–Crippen MR) is 83.4 cm³/mol. The van der Waals surface area contributed by atoms with Gasteiger partial charge < -0.3 is 10.6 Å². The Bertz CT molecular complexity index is 579. The third-order valence-electron chi connectivity index (χ3n) is 2.93. The molecule has 106 valence electrons. The van der Waals surface area contributed by atoms with Gasteiger partial charge in [-0.3, -0.25) is 5.32 Å². The largest absolute Gasteiger partial charge is 0.325 e. The number of aromatic nitrogens is 1. The summed E-state index contributed by atoms with van der Waals surface area (Å²) >= 11 is 1.41. The molecule has 0 bridgehead atoms. The Balaban J connectivity index is 1.94. The van der Waals surface area contributed by atoms with Crippen molar-refractivity contribution in [2.24, 2.45) is 0 Å². The molecule has 5 nitrogen and oxygen atoms in total. The minimum atomic E-state index is -0.285. The average Bonchev–Trinajstić information content (AvgIpc) is 2.89. The molecule has 0 spiro atoms. The number of carbonyl (C=O) groups excluding carboxylic acids is 1. The summed E-state index contributed by atoms with van der Waals surface area (Å²) in [4.78, 5) is 16.2. The van der Waals surface area contributed by atoms with Crippen molar-refractivity contribution in [3.63, 3.8) is 0 Å². The van der Waals surface area contributed by atoms with Crippen LogP contribution in [0.4, 0.5) is 15.6 Å². The average molecular weight is 290 g/mol. The fourth-order valence-electron chi connectivity index (χ4n) is 1.59. The Hall–Kier alpha value is -1.92. The van der Waals surface area contributed by atoms with Crippen LogP contribution in [0, 0.1) is 6.92 Å². The normalized spacial score (nSPS) is 11.9. The lowest BCUT2D eigenvalue weighted by molar-refractivity contribution is 0.262. The molecule has 2 amide bonds. The van der Waals surface area contributed by atoms with Crippen molar-refractivity contribution in [1.82, 2.24) is 10.3 Å². The molecule has 1 atom stereocenters. The van der Waals surface area contributed by atoms with Gasteiger partial charge in [-0.05, 0) is 33.0 Å². The van der Waals surface area contributed by atoms with Crippen LogP contribution < -0.4 is 16.0 Å². The molecule has 0 radical (unpaired) electrons. The quantitative estimate of drug-likeness (QED) is 0.808. The molecule has 0 aliphatic carbocycles. The molecule has 2 rings (SSSR count). The van der Waals surface area contributed by atoms with E-state index in [2.05, 4.69) is 20.9 Å². The van der Waals surface area contributed by atoms with Gasteiger partial charge in [-0.15, -0.1) is 11.3 Å². The summed E-state index contributed by atoms with van der Waals surface area (Å²) in [5.74, 6) is 0. The first-order valence-electron chi connectivity index (χ1n) is 6.36. The van der Waals surface area contributed by atoms with Crippen LogP contribution in [-0.2, 0) is 0 Å². The highest BCUT2D eigenvalue weighted by Crippen LogP contribution is 2.20. The molecule has 0 aliphatic heterocycles. The first-order valence-corrected chi connectivity index (χ1v) is 7.24. The van der Waals surface area contributed by atoms with Crippen molar-refractivity contribution >= 4 is 28.2 Å². The van der Waals surface area contributed by atoms with E-state index >= 15 is 0 Å². The summed E-state index contributed by atoms with van der Waals surface area (Å²) in [7, 11) is 1.88. The Morgan fingerprint density at radius 2 is 1.95 bits per heavy atom. The van der Waals surface area contributed by atoms with Crippen molar-refractivity contribution in [3.8, 4) is 0 Å². The van der Waals surface area contributed by atoms with Gasteiger partial charge in [0.1, 0.15) is 0 Å². The molecule has 1 aromatic carbocycles. The molecule has 1 heterocycles. The van der Waals surface area contributed by atoms with Crippen LogP contribution in [0.1, 0.15) is 24.2 Å². The van der Waals surface area contributed by atoms with E-state index < -0.39 is 0 Å². The van der Waals surface area contributed by atoms with Crippen molar-refractivity contribution in [1.29, 1.82) is 0 Å². The van der Waals surface area contributed by atoms with Gasteiger partial charge in [0, 0.05) is 17.1 Å². The van der Waals surface area contributed by atoms with E-state index in [0.29, 0.717) is 5.13 Å². The number of urea groups is 1. The molecular weight excluding hydrogens is 272 g/mol. The number of benzene rings is 1. The lowest BCUT2D eigenvalue weighted by atomic mass is 10.2. The topological polar surface area (TPSA) is 66.0 Å². The predicted octanol–water partition coefficient (Wildman–Crippen LogP) is 3.38. The van der Waals surface area contributed by atoms with E-state index in [1.165, 1.54) is 11.3 Å². The summed E-state index contributed by atoms with van der Waals surface area (Å²) in [6.45, 7) is 4.02. The molecule has 6 heteroatoms. The van der Waals surface area contributed by atoms with Gasteiger partial charge >= 0.3 is 6.03 Å². The van der Waals surface area contributed by atoms with Gasteiger partial charge in [0.2, 0.25) is 0 Å². The summed E-state index contributed by atoms with van der Waals surface area (Å²) in [5, 5.41) is 11.1. The van der Waals surface area contributed by atoms with E-state index in [4.69, 9.17) is 0 Å². The number of nitrogens with zero attached hydrogens (tertiary/aromatic N) is 1. The third-order valence-corrected chi connectivity index (χ3v) is 3.70. The van der Waals surface area contributed by atoms with Gasteiger partial charge in [-0.25, -0.2) is 9.78 Å². The van der Waals surface area contributed by atoms with E-state index in [1.807, 2.05) is 50.5 Å². The Labute approximate surface area is 122 Å². The highest BCUT2D eigenvalue weighted by Gasteiger charge is 2.10. The van der Waals surface area contributed by atoms with Crippen LogP contribution in [0.2, 0.25) is 0 Å². The number of hydrogen-bond donors (Lipinski definition) is 3. The van der Waals surface area contributed by atoms with Crippen LogP contribution in [0.3, 0.4) is 0 Å². The Morgan fingerprint density at radius 1 is 1.25 bits per heavy atom. The number of amides is 2. The number of thiazole rings is 1. The highest BCUT2D eigenvalue weighted by molar-refractivity contribution is 7.13. The van der Waals surface area contributed by atoms with Crippen LogP contribution in [0.5, 0.6) is 0 Å². The standard InChI is InChI=1S/C14H18N4OS/c1-9-4-6-11(7-5-9)16-13(19)18-14-17-12(8-20-14)10(2)15-3/h4-8,10,15H,1-3H3,(H2,16,17,18,19). The summed E-state index contributed by atoms with van der Waals surface area (Å²) < 4.78 is 0. The fraction of sp³-hybridized carbons (Fsp3) is 0.286. The van der Waals surface area contributed by atoms with E-state index in [-0.39, 0.29) is 12.1 Å². The zero-order valence-corrected chi connectivity index (χ0v) is 12.5. The second kappa shape index (κ2) is 6.49. The SMILES string of the molecule is CNC(C)c1csc(NC(=O)Nc2ccc(C)cc2)n1. The maximum atomic E-state index is 11.8. The second-order valence-electron chi connectivity index (χ2n) is 4.53. The van der Waals surface area contributed by atoms with Crippen LogP contribution >= 0.6 is 11.3 Å². The molecule has 1 aromatic heterocycles. The maximum absolute atomic E-state index is 11.8. The summed E-state index contributed by atoms with van der Waals surface area (Å²) in [6, 6.07) is 7.52. The molecule has 2 aromatic rings. The van der Waals surface area contributed by atoms with Gasteiger partial charge in [0.25, 0.3) is 0 Å². The zero-order valence-electron chi connectivity index (χ0n) is 11.7. The molecule has 20 heavy (non-hydrogen) atoms. The minimum Gasteiger partial charge on any atom is -0.312 e. The van der Waals surface area contributed by atoms with E-state index in [1.54, 1.807) is 0 Å². The van der Waals surface area contributed by atoms with E-state index in [0.717, 1.165) is 16.9 Å². The molecule has 3 N–H and O–H groups in total. The number of aryl methyl sites for hydroxylation is 1.